The normalized spacial score (nSPS) is 13.8. The van der Waals surface area contributed by atoms with Crippen molar-refractivity contribution >= 4 is 38.6 Å². The minimum Gasteiger partial charge on any atom is -0.488 e. The zero-order chi connectivity index (χ0) is 47.3. The molecular weight excluding hydrogens is 791 g/mol. The van der Waals surface area contributed by atoms with Gasteiger partial charge in [-0.05, 0) is 154 Å². The van der Waals surface area contributed by atoms with Crippen molar-refractivity contribution in [1.29, 1.82) is 5.26 Å². The minimum atomic E-state index is -0.0684. The van der Waals surface area contributed by atoms with Crippen LogP contribution < -0.4 is 4.74 Å². The van der Waals surface area contributed by atoms with Crippen molar-refractivity contribution in [3.8, 4) is 11.8 Å². The van der Waals surface area contributed by atoms with E-state index in [1.807, 2.05) is 67.9 Å². The summed E-state index contributed by atoms with van der Waals surface area (Å²) < 4.78 is 5.74. The summed E-state index contributed by atoms with van der Waals surface area (Å²) >= 11 is 0. The van der Waals surface area contributed by atoms with Gasteiger partial charge in [0.05, 0.1) is 23.4 Å². The summed E-state index contributed by atoms with van der Waals surface area (Å²) in [5, 5.41) is 11.2. The van der Waals surface area contributed by atoms with Crippen molar-refractivity contribution < 1.29 is 4.74 Å². The fourth-order valence-electron chi connectivity index (χ4n) is 7.37. The topological polar surface area (TPSA) is 58.8 Å². The first-order valence-corrected chi connectivity index (χ1v) is 22.6. The van der Waals surface area contributed by atoms with E-state index in [4.69, 9.17) is 10.00 Å². The highest BCUT2D eigenvalue weighted by Crippen LogP contribution is 2.39. The molecule has 4 heteroatoms. The summed E-state index contributed by atoms with van der Waals surface area (Å²) in [6.07, 6.45) is 14.8. The van der Waals surface area contributed by atoms with Crippen LogP contribution in [0.5, 0.6) is 5.75 Å². The third-order valence-electron chi connectivity index (χ3n) is 11.4. The van der Waals surface area contributed by atoms with Gasteiger partial charge in [-0.25, -0.2) is 0 Å². The fourth-order valence-corrected chi connectivity index (χ4v) is 7.37. The monoisotopic (exact) mass is 858 g/mol. The van der Waals surface area contributed by atoms with E-state index in [0.717, 1.165) is 51.4 Å². The molecule has 0 amide bonds. The molecule has 0 unspecified atom stereocenters. The van der Waals surface area contributed by atoms with Crippen molar-refractivity contribution in [2.75, 3.05) is 6.61 Å². The number of aromatic nitrogens is 2. The Bertz CT molecular complexity index is 2770. The van der Waals surface area contributed by atoms with E-state index < -0.39 is 0 Å². The smallest absolute Gasteiger partial charge is 0.128 e. The lowest BCUT2D eigenvalue weighted by Gasteiger charge is -2.19. The summed E-state index contributed by atoms with van der Waals surface area (Å²) in [7, 11) is 0. The second-order valence-electron chi connectivity index (χ2n) is 18.9. The molecular formula is C61H67N3O. The van der Waals surface area contributed by atoms with Crippen LogP contribution in [0, 0.1) is 31.1 Å². The third-order valence-corrected chi connectivity index (χ3v) is 11.4. The van der Waals surface area contributed by atoms with Crippen LogP contribution in [0.4, 0.5) is 0 Å². The van der Waals surface area contributed by atoms with E-state index in [1.54, 1.807) is 0 Å². The van der Waals surface area contributed by atoms with E-state index in [9.17, 15) is 0 Å². The molecule has 7 rings (SSSR count). The Hall–Kier alpha value is -6.83. The highest BCUT2D eigenvalue weighted by Gasteiger charge is 2.20. The van der Waals surface area contributed by atoms with E-state index in [0.29, 0.717) is 6.61 Å². The van der Waals surface area contributed by atoms with Crippen LogP contribution in [0.2, 0.25) is 0 Å². The molecule has 0 spiro atoms. The molecule has 1 atom stereocenters. The molecule has 3 heterocycles. The number of pyridine rings is 2. The molecule has 0 radical (unpaired) electrons. The summed E-state index contributed by atoms with van der Waals surface area (Å²) in [4.78, 5) is 8.85. The first kappa shape index (κ1) is 49.2. The number of rotatable bonds is 9. The van der Waals surface area contributed by atoms with Crippen LogP contribution in [0.15, 0.2) is 165 Å². The quantitative estimate of drug-likeness (QED) is 0.136. The Morgan fingerprint density at radius 1 is 0.738 bits per heavy atom. The summed E-state index contributed by atoms with van der Waals surface area (Å²) in [6, 6.07) is 40.4. The molecule has 0 N–H and O–H groups in total. The van der Waals surface area contributed by atoms with Gasteiger partial charge in [0.1, 0.15) is 12.4 Å². The van der Waals surface area contributed by atoms with Crippen molar-refractivity contribution in [3.05, 3.63) is 215 Å². The summed E-state index contributed by atoms with van der Waals surface area (Å²) in [6.45, 7) is 32.7. The largest absolute Gasteiger partial charge is 0.488 e. The third kappa shape index (κ3) is 13.8. The summed E-state index contributed by atoms with van der Waals surface area (Å²) in [5.74, 6) is 0.873. The lowest BCUT2D eigenvalue weighted by atomic mass is 9.86. The van der Waals surface area contributed by atoms with Gasteiger partial charge in [-0.15, -0.1) is 0 Å². The van der Waals surface area contributed by atoms with Gasteiger partial charge in [0, 0.05) is 23.5 Å². The maximum absolute atomic E-state index is 8.78. The first-order chi connectivity index (χ1) is 30.9. The van der Waals surface area contributed by atoms with Gasteiger partial charge in [0.2, 0.25) is 0 Å². The fraction of sp³-hybridized carbons (Fsp3) is 0.262. The molecule has 0 fully saturated rings. The molecule has 1 aliphatic heterocycles. The van der Waals surface area contributed by atoms with Crippen LogP contribution in [-0.4, -0.2) is 16.6 Å². The van der Waals surface area contributed by atoms with Crippen LogP contribution in [0.25, 0.3) is 38.6 Å². The van der Waals surface area contributed by atoms with Crippen molar-refractivity contribution in [3.63, 3.8) is 0 Å². The molecule has 0 aliphatic carbocycles. The van der Waals surface area contributed by atoms with E-state index in [1.165, 1.54) is 49.7 Å². The number of fused-ring (bicyclic) bond motifs is 3. The molecule has 0 saturated heterocycles. The average Bonchev–Trinajstić information content (AvgIpc) is 3.71. The first-order valence-electron chi connectivity index (χ1n) is 22.6. The van der Waals surface area contributed by atoms with Gasteiger partial charge in [-0.2, -0.15) is 5.26 Å². The number of hydrogen-bond donors (Lipinski definition) is 0. The number of ether oxygens (including phenoxy) is 1. The predicted molar refractivity (Wildman–Crippen MR) is 280 cm³/mol. The second kappa shape index (κ2) is 22.2. The van der Waals surface area contributed by atoms with E-state index in [2.05, 4.69) is 189 Å². The Balaban J connectivity index is 0.000000183. The molecule has 65 heavy (non-hydrogen) atoms. The van der Waals surface area contributed by atoms with Crippen LogP contribution in [0.1, 0.15) is 119 Å². The van der Waals surface area contributed by atoms with Crippen molar-refractivity contribution in [1.82, 2.24) is 9.97 Å². The molecule has 1 aliphatic rings. The van der Waals surface area contributed by atoms with Crippen molar-refractivity contribution in [2.24, 2.45) is 5.92 Å². The minimum absolute atomic E-state index is 0.0684. The molecule has 2 aromatic heterocycles. The van der Waals surface area contributed by atoms with Crippen LogP contribution in [-0.2, 0) is 10.8 Å². The van der Waals surface area contributed by atoms with E-state index >= 15 is 0 Å². The van der Waals surface area contributed by atoms with Gasteiger partial charge >= 0.3 is 0 Å². The Morgan fingerprint density at radius 3 is 1.88 bits per heavy atom. The SMILES string of the molecule is C=C(/C=C(\C)c1cc(C)ccn1)c1ccc(C(C)(C)C)cc1.C=C(/C=C(\CC)c1ccc(C(C)(C)C)cc1)c1cc(C)ccn1.C[C@@H](C#N)/C=C/C=C1\COc2ccc3ccccc3c21. The number of nitriles is 1. The number of allylic oxidation sites excluding steroid dienone is 9. The van der Waals surface area contributed by atoms with Crippen molar-refractivity contribution in [2.45, 2.75) is 93.4 Å². The molecule has 0 saturated carbocycles. The highest BCUT2D eigenvalue weighted by atomic mass is 16.5. The van der Waals surface area contributed by atoms with Gasteiger partial charge in [0.25, 0.3) is 0 Å². The zero-order valence-electron chi connectivity index (χ0n) is 40.6. The average molecular weight is 858 g/mol. The molecule has 0 bridgehead atoms. The standard InChI is InChI=1S/C22H27N.C21H25N.C18H15NO/c1-7-18(15-17(3)21-14-16(2)12-13-23-21)19-8-10-20(11-9-19)22(4,5)6;1-15-11-12-22-20(13-15)17(3)14-16(2)18-7-9-19(10-8-18)21(4,5)6;1-13(11-19)5-4-7-15-12-20-17-10-9-14-6-2-3-8-16(14)18(15)17/h8-15H,3,7H2,1-2,4-6H3;7-14H,2H2,1,3-6H3;2-10,13H,12H2,1H3/b18-15+;17-14+;5-4+,15-7+/t;;13-/m..1/s1. The van der Waals surface area contributed by atoms with E-state index in [-0.39, 0.29) is 16.7 Å². The summed E-state index contributed by atoms with van der Waals surface area (Å²) in [5.41, 5.74) is 16.6. The van der Waals surface area contributed by atoms with Crippen LogP contribution >= 0.6 is 0 Å². The van der Waals surface area contributed by atoms with Crippen LogP contribution in [0.3, 0.4) is 0 Å². The molecule has 4 nitrogen and oxygen atoms in total. The Morgan fingerprint density at radius 2 is 1.31 bits per heavy atom. The number of benzene rings is 4. The maximum atomic E-state index is 8.78. The second-order valence-corrected chi connectivity index (χ2v) is 18.9. The molecule has 332 valence electrons. The zero-order valence-corrected chi connectivity index (χ0v) is 40.6. The number of hydrogen-bond acceptors (Lipinski definition) is 4. The van der Waals surface area contributed by atoms with Gasteiger partial charge in [0.15, 0.2) is 0 Å². The van der Waals surface area contributed by atoms with Gasteiger partial charge < -0.3 is 4.74 Å². The van der Waals surface area contributed by atoms with Gasteiger partial charge in [-0.1, -0.05) is 159 Å². The number of nitrogens with zero attached hydrogens (tertiary/aromatic N) is 3. The predicted octanol–water partition coefficient (Wildman–Crippen LogP) is 16.3. The van der Waals surface area contributed by atoms with Gasteiger partial charge in [-0.3, -0.25) is 9.97 Å². The Kier molecular flexibility index (Phi) is 16.8. The molecule has 6 aromatic rings. The molecule has 4 aromatic carbocycles. The number of aryl methyl sites for hydroxylation is 2. The maximum Gasteiger partial charge on any atom is 0.128 e. The lowest BCUT2D eigenvalue weighted by Crippen LogP contribution is -2.10. The highest BCUT2D eigenvalue weighted by molar-refractivity contribution is 5.98. The lowest BCUT2D eigenvalue weighted by molar-refractivity contribution is 0.388. The Labute approximate surface area is 390 Å².